The van der Waals surface area contributed by atoms with Gasteiger partial charge in [0.05, 0.1) is 6.54 Å². The number of ether oxygens (including phenoxy) is 1. The van der Waals surface area contributed by atoms with Gasteiger partial charge in [-0.15, -0.1) is 0 Å². The van der Waals surface area contributed by atoms with E-state index in [0.717, 1.165) is 11.1 Å². The van der Waals surface area contributed by atoms with Crippen LogP contribution < -0.4 is 16.2 Å². The summed E-state index contributed by atoms with van der Waals surface area (Å²) < 4.78 is 7.09. The smallest absolute Gasteiger partial charge is 0.347 e. The zero-order valence-corrected chi connectivity index (χ0v) is 11.9. The maximum atomic E-state index is 11.5. The second-order valence-electron chi connectivity index (χ2n) is 4.34. The number of nitrogens with two attached hydrogens (primary N) is 1. The van der Waals surface area contributed by atoms with E-state index in [0.29, 0.717) is 23.9 Å². The summed E-state index contributed by atoms with van der Waals surface area (Å²) in [5.74, 6) is 0.707. The predicted molar refractivity (Wildman–Crippen MR) is 81.1 cm³/mol. The van der Waals surface area contributed by atoms with E-state index in [-0.39, 0.29) is 5.69 Å². The number of rotatable bonds is 5. The summed E-state index contributed by atoms with van der Waals surface area (Å²) in [6, 6.07) is 7.20. The van der Waals surface area contributed by atoms with Gasteiger partial charge in [0.2, 0.25) is 0 Å². The van der Waals surface area contributed by atoms with Gasteiger partial charge in [-0.1, -0.05) is 12.2 Å². The molecule has 0 spiro atoms. The predicted octanol–water partition coefficient (Wildman–Crippen LogP) is 1.26. The molecule has 0 saturated heterocycles. The van der Waals surface area contributed by atoms with Crippen LogP contribution in [0.15, 0.2) is 41.5 Å². The fourth-order valence-electron chi connectivity index (χ4n) is 1.70. The molecule has 1 aromatic carbocycles. The number of hydrogen-bond donors (Lipinski definition) is 1. The summed E-state index contributed by atoms with van der Waals surface area (Å²) in [7, 11) is 0. The molecular weight excluding hydrogens is 274 g/mol. The van der Waals surface area contributed by atoms with Crippen LogP contribution in [-0.2, 0) is 6.54 Å². The van der Waals surface area contributed by atoms with Crippen molar-refractivity contribution in [3.63, 3.8) is 0 Å². The summed E-state index contributed by atoms with van der Waals surface area (Å²) in [6.07, 6.45) is 3.31. The van der Waals surface area contributed by atoms with Crippen LogP contribution in [0.25, 0.3) is 0 Å². The fourth-order valence-corrected chi connectivity index (χ4v) is 1.84. The minimum atomic E-state index is -0.275. The third-order valence-corrected chi connectivity index (χ3v) is 2.96. The van der Waals surface area contributed by atoms with Crippen LogP contribution >= 0.6 is 12.2 Å². The average molecular weight is 289 g/mol. The lowest BCUT2D eigenvalue weighted by Gasteiger charge is -2.08. The van der Waals surface area contributed by atoms with Crippen molar-refractivity contribution in [3.05, 3.63) is 58.3 Å². The van der Waals surface area contributed by atoms with Crippen LogP contribution in [0, 0.1) is 6.92 Å². The van der Waals surface area contributed by atoms with Gasteiger partial charge < -0.3 is 10.5 Å². The van der Waals surface area contributed by atoms with Crippen LogP contribution in [0.2, 0.25) is 0 Å². The van der Waals surface area contributed by atoms with E-state index >= 15 is 0 Å². The molecule has 1 heterocycles. The maximum Gasteiger partial charge on any atom is 0.347 e. The van der Waals surface area contributed by atoms with Gasteiger partial charge in [0.25, 0.3) is 0 Å². The monoisotopic (exact) mass is 289 g/mol. The van der Waals surface area contributed by atoms with Crippen LogP contribution in [0.5, 0.6) is 5.75 Å². The number of benzene rings is 1. The Morgan fingerprint density at radius 2 is 2.10 bits per heavy atom. The van der Waals surface area contributed by atoms with Gasteiger partial charge in [-0.25, -0.2) is 9.78 Å². The Morgan fingerprint density at radius 3 is 2.75 bits per heavy atom. The van der Waals surface area contributed by atoms with Gasteiger partial charge in [0.15, 0.2) is 0 Å². The normalized spacial score (nSPS) is 10.2. The van der Waals surface area contributed by atoms with Crippen LogP contribution in [-0.4, -0.2) is 21.1 Å². The van der Waals surface area contributed by atoms with Crippen molar-refractivity contribution in [2.24, 2.45) is 5.73 Å². The Hall–Kier alpha value is -2.21. The second kappa shape index (κ2) is 6.29. The fraction of sp³-hybridized carbons (Fsp3) is 0.214. The Bertz CT molecular complexity index is 665. The number of hydrogen-bond acceptors (Lipinski definition) is 4. The second-order valence-corrected chi connectivity index (χ2v) is 4.78. The first-order valence-electron chi connectivity index (χ1n) is 6.12. The van der Waals surface area contributed by atoms with Crippen molar-refractivity contribution >= 4 is 17.2 Å². The molecule has 0 aliphatic carbocycles. The molecule has 104 valence electrons. The van der Waals surface area contributed by atoms with Gasteiger partial charge >= 0.3 is 5.69 Å². The van der Waals surface area contributed by atoms with Gasteiger partial charge in [0.1, 0.15) is 17.3 Å². The minimum absolute atomic E-state index is 0.275. The lowest BCUT2D eigenvalue weighted by atomic mass is 10.2. The average Bonchev–Trinajstić information content (AvgIpc) is 2.43. The first kappa shape index (κ1) is 14.2. The summed E-state index contributed by atoms with van der Waals surface area (Å²) >= 11 is 4.88. The molecule has 5 nitrogen and oxygen atoms in total. The van der Waals surface area contributed by atoms with Crippen molar-refractivity contribution in [3.8, 4) is 5.75 Å². The number of aryl methyl sites for hydroxylation is 1. The van der Waals surface area contributed by atoms with Crippen molar-refractivity contribution in [1.82, 2.24) is 9.55 Å². The highest BCUT2D eigenvalue weighted by Crippen LogP contribution is 2.12. The van der Waals surface area contributed by atoms with E-state index in [1.165, 1.54) is 4.57 Å². The lowest BCUT2D eigenvalue weighted by Crippen LogP contribution is -2.25. The molecule has 0 atom stereocenters. The van der Waals surface area contributed by atoms with E-state index < -0.39 is 0 Å². The Balaban J connectivity index is 1.94. The van der Waals surface area contributed by atoms with Gasteiger partial charge in [-0.2, -0.15) is 0 Å². The molecule has 2 N–H and O–H groups in total. The highest BCUT2D eigenvalue weighted by Gasteiger charge is 2.00. The Labute approximate surface area is 122 Å². The third-order valence-electron chi connectivity index (χ3n) is 2.72. The molecule has 2 rings (SSSR count). The van der Waals surface area contributed by atoms with Crippen molar-refractivity contribution in [1.29, 1.82) is 0 Å². The number of aromatic nitrogens is 2. The van der Waals surface area contributed by atoms with Crippen molar-refractivity contribution in [2.75, 3.05) is 6.61 Å². The molecule has 0 aliphatic heterocycles. The van der Waals surface area contributed by atoms with Crippen LogP contribution in [0.3, 0.4) is 0 Å². The van der Waals surface area contributed by atoms with Gasteiger partial charge in [-0.3, -0.25) is 4.57 Å². The summed E-state index contributed by atoms with van der Waals surface area (Å²) in [5, 5.41) is 0. The topological polar surface area (TPSA) is 70.1 Å². The standard InChI is InChI=1S/C14H15N3O2S/c1-10-8-16-14(18)17(9-10)6-7-19-12-4-2-11(3-5-12)13(15)20/h2-5,8-9H,6-7H2,1H3,(H2,15,20). The molecule has 0 amide bonds. The van der Waals surface area contributed by atoms with E-state index in [4.69, 9.17) is 22.7 Å². The third kappa shape index (κ3) is 3.64. The zero-order valence-electron chi connectivity index (χ0n) is 11.1. The molecule has 6 heteroatoms. The van der Waals surface area contributed by atoms with Crippen LogP contribution in [0.4, 0.5) is 0 Å². The van der Waals surface area contributed by atoms with E-state index in [1.807, 2.05) is 6.92 Å². The van der Waals surface area contributed by atoms with Gasteiger partial charge in [-0.05, 0) is 36.8 Å². The highest BCUT2D eigenvalue weighted by molar-refractivity contribution is 7.80. The first-order chi connectivity index (χ1) is 9.56. The first-order valence-corrected chi connectivity index (χ1v) is 6.53. The zero-order chi connectivity index (χ0) is 14.5. The van der Waals surface area contributed by atoms with E-state index in [1.54, 1.807) is 36.7 Å². The number of thiocarbonyl (C=S) groups is 1. The summed E-state index contributed by atoms with van der Waals surface area (Å²) in [6.45, 7) is 2.72. The molecule has 0 unspecified atom stereocenters. The van der Waals surface area contributed by atoms with Crippen molar-refractivity contribution < 1.29 is 4.74 Å². The molecular formula is C14H15N3O2S. The minimum Gasteiger partial charge on any atom is -0.492 e. The van der Waals surface area contributed by atoms with E-state index in [2.05, 4.69) is 4.98 Å². The molecule has 0 saturated carbocycles. The molecule has 2 aromatic rings. The van der Waals surface area contributed by atoms with Gasteiger partial charge in [0, 0.05) is 18.0 Å². The molecule has 0 fully saturated rings. The molecule has 1 aromatic heterocycles. The maximum absolute atomic E-state index is 11.5. The SMILES string of the molecule is Cc1cnc(=O)n(CCOc2ccc(C(N)=S)cc2)c1. The van der Waals surface area contributed by atoms with E-state index in [9.17, 15) is 4.79 Å². The quantitative estimate of drug-likeness (QED) is 0.839. The Morgan fingerprint density at radius 1 is 1.40 bits per heavy atom. The highest BCUT2D eigenvalue weighted by atomic mass is 32.1. The molecule has 0 bridgehead atoms. The largest absolute Gasteiger partial charge is 0.492 e. The summed E-state index contributed by atoms with van der Waals surface area (Å²) in [4.78, 5) is 15.6. The van der Waals surface area contributed by atoms with Crippen LogP contribution in [0.1, 0.15) is 11.1 Å². The molecule has 0 radical (unpaired) electrons. The number of nitrogens with zero attached hydrogens (tertiary/aromatic N) is 2. The Kier molecular flexibility index (Phi) is 4.47. The van der Waals surface area contributed by atoms with Crippen molar-refractivity contribution in [2.45, 2.75) is 13.5 Å². The lowest BCUT2D eigenvalue weighted by molar-refractivity contribution is 0.295. The molecule has 0 aliphatic rings. The molecule has 20 heavy (non-hydrogen) atoms. The summed E-state index contributed by atoms with van der Waals surface area (Å²) in [5.41, 5.74) is 6.97.